The maximum Gasteiger partial charge on any atom is 0.225 e. The SMILES string of the molecule is CC(=O)N1CCC[C@@H](C(=O)NCc2ccc(F)cc2)C1. The normalized spacial score (nSPS) is 18.7. The summed E-state index contributed by atoms with van der Waals surface area (Å²) in [6.45, 7) is 3.14. The van der Waals surface area contributed by atoms with Gasteiger partial charge in [-0.05, 0) is 30.5 Å². The first-order chi connectivity index (χ1) is 9.56. The lowest BCUT2D eigenvalue weighted by molar-refractivity contribution is -0.134. The molecule has 1 saturated heterocycles. The van der Waals surface area contributed by atoms with Crippen molar-refractivity contribution in [2.24, 2.45) is 5.92 Å². The van der Waals surface area contributed by atoms with Crippen LogP contribution in [0.2, 0.25) is 0 Å². The molecular weight excluding hydrogens is 259 g/mol. The third kappa shape index (κ3) is 3.79. The molecule has 0 aromatic heterocycles. The molecule has 5 heteroatoms. The van der Waals surface area contributed by atoms with Gasteiger partial charge in [-0.2, -0.15) is 0 Å². The van der Waals surface area contributed by atoms with E-state index in [1.54, 1.807) is 17.0 Å². The molecule has 0 unspecified atom stereocenters. The Bertz CT molecular complexity index is 487. The van der Waals surface area contributed by atoms with E-state index in [-0.39, 0.29) is 23.5 Å². The predicted octanol–water partition coefficient (Wildman–Crippen LogP) is 1.70. The molecule has 2 rings (SSSR count). The summed E-state index contributed by atoms with van der Waals surface area (Å²) in [7, 11) is 0. The van der Waals surface area contributed by atoms with Crippen LogP contribution in [0.1, 0.15) is 25.3 Å². The van der Waals surface area contributed by atoms with Gasteiger partial charge in [0.05, 0.1) is 5.92 Å². The number of amides is 2. The van der Waals surface area contributed by atoms with Gasteiger partial charge in [-0.3, -0.25) is 9.59 Å². The molecule has 108 valence electrons. The fourth-order valence-corrected chi connectivity index (χ4v) is 2.41. The molecule has 1 heterocycles. The van der Waals surface area contributed by atoms with Gasteiger partial charge in [0.15, 0.2) is 0 Å². The third-order valence-electron chi connectivity index (χ3n) is 3.62. The highest BCUT2D eigenvalue weighted by molar-refractivity contribution is 5.80. The van der Waals surface area contributed by atoms with E-state index in [9.17, 15) is 14.0 Å². The second kappa shape index (κ2) is 6.50. The molecule has 1 aliphatic heterocycles. The first kappa shape index (κ1) is 14.5. The monoisotopic (exact) mass is 278 g/mol. The minimum atomic E-state index is -0.288. The van der Waals surface area contributed by atoms with Crippen molar-refractivity contribution in [3.8, 4) is 0 Å². The Morgan fingerprint density at radius 2 is 2.05 bits per heavy atom. The number of hydrogen-bond donors (Lipinski definition) is 1. The summed E-state index contributed by atoms with van der Waals surface area (Å²) < 4.78 is 12.8. The molecule has 0 aliphatic carbocycles. The largest absolute Gasteiger partial charge is 0.352 e. The highest BCUT2D eigenvalue weighted by Gasteiger charge is 2.26. The summed E-state index contributed by atoms with van der Waals surface area (Å²) in [5, 5.41) is 2.85. The molecule has 1 atom stereocenters. The van der Waals surface area contributed by atoms with Gasteiger partial charge in [0.2, 0.25) is 11.8 Å². The molecule has 0 bridgehead atoms. The lowest BCUT2D eigenvalue weighted by atomic mass is 9.97. The van der Waals surface area contributed by atoms with Crippen molar-refractivity contribution in [2.75, 3.05) is 13.1 Å². The standard InChI is InChI=1S/C15H19FN2O2/c1-11(19)18-8-2-3-13(10-18)15(20)17-9-12-4-6-14(16)7-5-12/h4-7,13H,2-3,8-10H2,1H3,(H,17,20)/t13-/m1/s1. The van der Waals surface area contributed by atoms with E-state index in [1.165, 1.54) is 19.1 Å². The number of rotatable bonds is 3. The summed E-state index contributed by atoms with van der Waals surface area (Å²) in [5.74, 6) is -0.459. The summed E-state index contributed by atoms with van der Waals surface area (Å²) in [6, 6.07) is 6.05. The van der Waals surface area contributed by atoms with Crippen molar-refractivity contribution in [2.45, 2.75) is 26.3 Å². The Balaban J connectivity index is 1.85. The molecule has 1 aromatic rings. The van der Waals surface area contributed by atoms with Gasteiger partial charge in [-0.15, -0.1) is 0 Å². The number of carbonyl (C=O) groups is 2. The molecule has 1 fully saturated rings. The minimum Gasteiger partial charge on any atom is -0.352 e. The Kier molecular flexibility index (Phi) is 4.71. The van der Waals surface area contributed by atoms with Crippen LogP contribution in [-0.2, 0) is 16.1 Å². The first-order valence-electron chi connectivity index (χ1n) is 6.84. The number of halogens is 1. The van der Waals surface area contributed by atoms with Gasteiger partial charge in [0, 0.05) is 26.6 Å². The quantitative estimate of drug-likeness (QED) is 0.915. The lowest BCUT2D eigenvalue weighted by Crippen LogP contribution is -2.44. The molecule has 0 radical (unpaired) electrons. The maximum absolute atomic E-state index is 12.8. The molecule has 1 aromatic carbocycles. The fourth-order valence-electron chi connectivity index (χ4n) is 2.41. The van der Waals surface area contributed by atoms with Crippen LogP contribution in [0.3, 0.4) is 0 Å². The predicted molar refractivity (Wildman–Crippen MR) is 73.2 cm³/mol. The van der Waals surface area contributed by atoms with Gasteiger partial charge in [-0.1, -0.05) is 12.1 Å². The van der Waals surface area contributed by atoms with Gasteiger partial charge in [0.25, 0.3) is 0 Å². The van der Waals surface area contributed by atoms with E-state index >= 15 is 0 Å². The molecule has 0 spiro atoms. The van der Waals surface area contributed by atoms with Gasteiger partial charge >= 0.3 is 0 Å². The van der Waals surface area contributed by atoms with Crippen LogP contribution in [0.5, 0.6) is 0 Å². The van der Waals surface area contributed by atoms with Crippen LogP contribution >= 0.6 is 0 Å². The summed E-state index contributed by atoms with van der Waals surface area (Å²) in [4.78, 5) is 25.1. The molecule has 20 heavy (non-hydrogen) atoms. The van der Waals surface area contributed by atoms with Crippen LogP contribution in [0.15, 0.2) is 24.3 Å². The van der Waals surface area contributed by atoms with Crippen LogP contribution in [-0.4, -0.2) is 29.8 Å². The van der Waals surface area contributed by atoms with E-state index in [0.29, 0.717) is 13.1 Å². The molecule has 4 nitrogen and oxygen atoms in total. The Hall–Kier alpha value is -1.91. The van der Waals surface area contributed by atoms with Crippen LogP contribution in [0.25, 0.3) is 0 Å². The van der Waals surface area contributed by atoms with E-state index < -0.39 is 0 Å². The summed E-state index contributed by atoms with van der Waals surface area (Å²) in [5.41, 5.74) is 0.860. The zero-order chi connectivity index (χ0) is 14.5. The summed E-state index contributed by atoms with van der Waals surface area (Å²) >= 11 is 0. The number of nitrogens with one attached hydrogen (secondary N) is 1. The zero-order valence-corrected chi connectivity index (χ0v) is 11.6. The van der Waals surface area contributed by atoms with Crippen LogP contribution < -0.4 is 5.32 Å². The second-order valence-electron chi connectivity index (χ2n) is 5.15. The van der Waals surface area contributed by atoms with Crippen molar-refractivity contribution >= 4 is 11.8 Å². The fraction of sp³-hybridized carbons (Fsp3) is 0.467. The van der Waals surface area contributed by atoms with Crippen molar-refractivity contribution in [1.29, 1.82) is 0 Å². The molecule has 0 saturated carbocycles. The lowest BCUT2D eigenvalue weighted by Gasteiger charge is -2.31. The maximum atomic E-state index is 12.8. The minimum absolute atomic E-state index is 0.0148. The average Bonchev–Trinajstić information content (AvgIpc) is 2.46. The molecule has 1 N–H and O–H groups in total. The third-order valence-corrected chi connectivity index (χ3v) is 3.62. The van der Waals surface area contributed by atoms with Crippen molar-refractivity contribution in [3.05, 3.63) is 35.6 Å². The highest BCUT2D eigenvalue weighted by atomic mass is 19.1. The van der Waals surface area contributed by atoms with E-state index in [2.05, 4.69) is 5.32 Å². The number of carbonyl (C=O) groups excluding carboxylic acids is 2. The number of likely N-dealkylation sites (tertiary alicyclic amines) is 1. The highest BCUT2D eigenvalue weighted by Crippen LogP contribution is 2.16. The number of piperidine rings is 1. The Morgan fingerprint density at radius 1 is 1.35 bits per heavy atom. The number of benzene rings is 1. The second-order valence-corrected chi connectivity index (χ2v) is 5.15. The number of nitrogens with zero attached hydrogens (tertiary/aromatic N) is 1. The van der Waals surface area contributed by atoms with E-state index in [4.69, 9.17) is 0 Å². The van der Waals surface area contributed by atoms with Gasteiger partial charge in [0.1, 0.15) is 5.82 Å². The van der Waals surface area contributed by atoms with Crippen LogP contribution in [0, 0.1) is 11.7 Å². The topological polar surface area (TPSA) is 49.4 Å². The van der Waals surface area contributed by atoms with E-state index in [0.717, 1.165) is 24.9 Å². The van der Waals surface area contributed by atoms with Crippen molar-refractivity contribution in [3.63, 3.8) is 0 Å². The average molecular weight is 278 g/mol. The zero-order valence-electron chi connectivity index (χ0n) is 11.6. The van der Waals surface area contributed by atoms with Crippen LogP contribution in [0.4, 0.5) is 4.39 Å². The molecular formula is C15H19FN2O2. The van der Waals surface area contributed by atoms with Crippen molar-refractivity contribution in [1.82, 2.24) is 10.2 Å². The van der Waals surface area contributed by atoms with Gasteiger partial charge < -0.3 is 10.2 Å². The summed E-state index contributed by atoms with van der Waals surface area (Å²) in [6.07, 6.45) is 1.66. The molecule has 1 aliphatic rings. The van der Waals surface area contributed by atoms with Gasteiger partial charge in [-0.25, -0.2) is 4.39 Å². The van der Waals surface area contributed by atoms with E-state index in [1.807, 2.05) is 0 Å². The first-order valence-corrected chi connectivity index (χ1v) is 6.84. The smallest absolute Gasteiger partial charge is 0.225 e. The van der Waals surface area contributed by atoms with Crippen molar-refractivity contribution < 1.29 is 14.0 Å². The molecule has 2 amide bonds. The number of hydrogen-bond acceptors (Lipinski definition) is 2. The Morgan fingerprint density at radius 3 is 2.70 bits per heavy atom. The Labute approximate surface area is 118 Å².